The van der Waals surface area contributed by atoms with Gasteiger partial charge in [0.1, 0.15) is 0 Å². The van der Waals surface area contributed by atoms with Crippen molar-refractivity contribution in [3.63, 3.8) is 0 Å². The van der Waals surface area contributed by atoms with Crippen molar-refractivity contribution in [3.05, 3.63) is 65.0 Å². The van der Waals surface area contributed by atoms with Crippen LogP contribution < -0.4 is 5.43 Å². The molecule has 1 aliphatic heterocycles. The minimum absolute atomic E-state index is 0.121. The zero-order valence-electron chi connectivity index (χ0n) is 19.0. The molecular weight excluding hydrogens is 456 g/mol. The predicted octanol–water partition coefficient (Wildman–Crippen LogP) is 4.57. The fraction of sp³-hybridized carbons (Fsp3) is 0.333. The first-order valence-corrected chi connectivity index (χ1v) is 13.1. The maximum absolute atomic E-state index is 12.8. The van der Waals surface area contributed by atoms with Crippen molar-refractivity contribution in [1.29, 1.82) is 0 Å². The van der Waals surface area contributed by atoms with Crippen LogP contribution in [0.3, 0.4) is 0 Å². The SMILES string of the molecule is CC(C)(C)c1ccc(C=NNc2nc(-c3ccc(S(=O)(=O)N4CCOCC4)cc3)cs2)cc1. The molecule has 1 N–H and O–H groups in total. The molecule has 1 fully saturated rings. The van der Waals surface area contributed by atoms with Crippen LogP contribution in [0.25, 0.3) is 11.3 Å². The van der Waals surface area contributed by atoms with Crippen LogP contribution in [0.5, 0.6) is 0 Å². The van der Waals surface area contributed by atoms with Gasteiger partial charge in [-0.25, -0.2) is 13.4 Å². The number of hydrogen-bond donors (Lipinski definition) is 1. The number of hydrazone groups is 1. The molecule has 0 unspecified atom stereocenters. The number of morpholine rings is 1. The van der Waals surface area contributed by atoms with Crippen molar-refractivity contribution in [2.45, 2.75) is 31.1 Å². The van der Waals surface area contributed by atoms with E-state index in [1.807, 2.05) is 17.5 Å². The fourth-order valence-corrected chi connectivity index (χ4v) is 5.50. The lowest BCUT2D eigenvalue weighted by Gasteiger charge is -2.26. The molecule has 0 bridgehead atoms. The van der Waals surface area contributed by atoms with Crippen molar-refractivity contribution >= 4 is 32.7 Å². The molecule has 1 aliphatic rings. The number of sulfonamides is 1. The number of ether oxygens (including phenoxy) is 1. The lowest BCUT2D eigenvalue weighted by atomic mass is 9.87. The Hall–Kier alpha value is -2.59. The van der Waals surface area contributed by atoms with E-state index in [0.717, 1.165) is 16.8 Å². The summed E-state index contributed by atoms with van der Waals surface area (Å²) in [5.41, 5.74) is 6.99. The summed E-state index contributed by atoms with van der Waals surface area (Å²) in [7, 11) is -3.50. The summed E-state index contributed by atoms with van der Waals surface area (Å²) in [4.78, 5) is 4.84. The van der Waals surface area contributed by atoms with Crippen LogP contribution in [0.1, 0.15) is 31.9 Å². The molecule has 9 heteroatoms. The van der Waals surface area contributed by atoms with E-state index >= 15 is 0 Å². The molecular formula is C24H28N4O3S2. The maximum Gasteiger partial charge on any atom is 0.243 e. The molecule has 3 aromatic rings. The van der Waals surface area contributed by atoms with Gasteiger partial charge in [-0.1, -0.05) is 57.2 Å². The van der Waals surface area contributed by atoms with E-state index in [2.05, 4.69) is 48.4 Å². The molecule has 0 spiro atoms. The number of benzene rings is 2. The monoisotopic (exact) mass is 484 g/mol. The molecule has 0 atom stereocenters. The van der Waals surface area contributed by atoms with Crippen LogP contribution in [-0.2, 0) is 20.2 Å². The second-order valence-electron chi connectivity index (χ2n) is 8.82. The largest absolute Gasteiger partial charge is 0.379 e. The highest BCUT2D eigenvalue weighted by Gasteiger charge is 2.26. The van der Waals surface area contributed by atoms with Gasteiger partial charge in [-0.05, 0) is 28.7 Å². The van der Waals surface area contributed by atoms with E-state index in [0.29, 0.717) is 31.4 Å². The summed E-state index contributed by atoms with van der Waals surface area (Å²) in [6.45, 7) is 8.18. The first-order valence-electron chi connectivity index (χ1n) is 10.8. The minimum Gasteiger partial charge on any atom is -0.379 e. The molecule has 1 aromatic heterocycles. The molecule has 174 valence electrons. The van der Waals surface area contributed by atoms with E-state index in [1.54, 1.807) is 30.5 Å². The summed E-state index contributed by atoms with van der Waals surface area (Å²) in [5.74, 6) is 0. The van der Waals surface area contributed by atoms with E-state index in [9.17, 15) is 8.42 Å². The predicted molar refractivity (Wildman–Crippen MR) is 133 cm³/mol. The third-order valence-corrected chi connectivity index (χ3v) is 8.07. The molecule has 0 amide bonds. The smallest absolute Gasteiger partial charge is 0.243 e. The highest BCUT2D eigenvalue weighted by Crippen LogP contribution is 2.27. The lowest BCUT2D eigenvalue weighted by Crippen LogP contribution is -2.40. The third kappa shape index (κ3) is 5.67. The summed E-state index contributed by atoms with van der Waals surface area (Å²) in [5, 5.41) is 6.87. The van der Waals surface area contributed by atoms with E-state index in [1.165, 1.54) is 21.2 Å². The zero-order chi connectivity index (χ0) is 23.5. The number of anilines is 1. The van der Waals surface area contributed by atoms with E-state index in [4.69, 9.17) is 4.74 Å². The minimum atomic E-state index is -3.50. The van der Waals surface area contributed by atoms with Gasteiger partial charge in [0.05, 0.1) is 30.0 Å². The van der Waals surface area contributed by atoms with E-state index in [-0.39, 0.29) is 10.3 Å². The Morgan fingerprint density at radius 2 is 1.73 bits per heavy atom. The van der Waals surface area contributed by atoms with Gasteiger partial charge in [0.15, 0.2) is 0 Å². The van der Waals surface area contributed by atoms with Gasteiger partial charge in [-0.15, -0.1) is 11.3 Å². The Morgan fingerprint density at radius 1 is 1.06 bits per heavy atom. The second kappa shape index (κ2) is 9.72. The number of aromatic nitrogens is 1. The standard InChI is InChI=1S/C24H28N4O3S2/c1-24(2,3)20-8-4-18(5-9-20)16-25-27-23-26-22(17-32-23)19-6-10-21(11-7-19)33(29,30)28-12-14-31-15-13-28/h4-11,16-17H,12-15H2,1-3H3,(H,26,27). The number of hydrogen-bond acceptors (Lipinski definition) is 7. The first kappa shape index (κ1) is 23.6. The lowest BCUT2D eigenvalue weighted by molar-refractivity contribution is 0.0730. The maximum atomic E-state index is 12.8. The Balaban J connectivity index is 1.39. The summed E-state index contributed by atoms with van der Waals surface area (Å²) < 4.78 is 32.3. The van der Waals surface area contributed by atoms with Gasteiger partial charge < -0.3 is 4.74 Å². The molecule has 0 aliphatic carbocycles. The topological polar surface area (TPSA) is 83.9 Å². The van der Waals surface area contributed by atoms with Crippen molar-refractivity contribution in [2.24, 2.45) is 5.10 Å². The summed E-state index contributed by atoms with van der Waals surface area (Å²) in [6, 6.07) is 15.2. The van der Waals surface area contributed by atoms with Gasteiger partial charge in [-0.3, -0.25) is 5.43 Å². The highest BCUT2D eigenvalue weighted by molar-refractivity contribution is 7.89. The number of rotatable bonds is 6. The van der Waals surface area contributed by atoms with Crippen LogP contribution in [-0.4, -0.2) is 50.2 Å². The van der Waals surface area contributed by atoms with Crippen LogP contribution in [0, 0.1) is 0 Å². The molecule has 0 radical (unpaired) electrons. The number of nitrogens with zero attached hydrogens (tertiary/aromatic N) is 3. The van der Waals surface area contributed by atoms with Crippen molar-refractivity contribution in [1.82, 2.24) is 9.29 Å². The van der Waals surface area contributed by atoms with Gasteiger partial charge in [0.25, 0.3) is 0 Å². The van der Waals surface area contributed by atoms with Crippen molar-refractivity contribution in [2.75, 3.05) is 31.7 Å². The van der Waals surface area contributed by atoms with Gasteiger partial charge in [0, 0.05) is 24.0 Å². The zero-order valence-corrected chi connectivity index (χ0v) is 20.6. The molecule has 33 heavy (non-hydrogen) atoms. The van der Waals surface area contributed by atoms with Crippen LogP contribution in [0.15, 0.2) is 63.9 Å². The Bertz CT molecular complexity index is 1210. The third-order valence-electron chi connectivity index (χ3n) is 5.41. The fourth-order valence-electron chi connectivity index (χ4n) is 3.42. The van der Waals surface area contributed by atoms with Gasteiger partial charge in [0.2, 0.25) is 15.2 Å². The Morgan fingerprint density at radius 3 is 2.36 bits per heavy atom. The second-order valence-corrected chi connectivity index (χ2v) is 11.6. The quantitative estimate of drug-likeness (QED) is 0.409. The van der Waals surface area contributed by atoms with E-state index < -0.39 is 10.0 Å². The summed E-state index contributed by atoms with van der Waals surface area (Å²) in [6.07, 6.45) is 1.76. The first-order chi connectivity index (χ1) is 15.7. The van der Waals surface area contributed by atoms with Crippen LogP contribution >= 0.6 is 11.3 Å². The summed E-state index contributed by atoms with van der Waals surface area (Å²) >= 11 is 1.44. The van der Waals surface area contributed by atoms with Crippen molar-refractivity contribution < 1.29 is 13.2 Å². The van der Waals surface area contributed by atoms with Gasteiger partial charge in [-0.2, -0.15) is 9.41 Å². The van der Waals surface area contributed by atoms with Crippen LogP contribution in [0.2, 0.25) is 0 Å². The average molecular weight is 485 g/mol. The van der Waals surface area contributed by atoms with Gasteiger partial charge >= 0.3 is 0 Å². The highest BCUT2D eigenvalue weighted by atomic mass is 32.2. The Kier molecular flexibility index (Phi) is 6.94. The normalized spacial score (nSPS) is 15.7. The molecule has 1 saturated heterocycles. The average Bonchev–Trinajstić information content (AvgIpc) is 3.28. The molecule has 4 rings (SSSR count). The molecule has 2 aromatic carbocycles. The molecule has 0 saturated carbocycles. The molecule has 2 heterocycles. The van der Waals surface area contributed by atoms with Crippen molar-refractivity contribution in [3.8, 4) is 11.3 Å². The number of thiazole rings is 1. The number of nitrogens with one attached hydrogen (secondary N) is 1. The molecule has 7 nitrogen and oxygen atoms in total. The Labute approximate surface area is 199 Å². The van der Waals surface area contributed by atoms with Crippen LogP contribution in [0.4, 0.5) is 5.13 Å².